The molecule has 1 unspecified atom stereocenters. The molecule has 0 amide bonds. The molecule has 0 aliphatic carbocycles. The second-order valence-electron chi connectivity index (χ2n) is 4.75. The summed E-state index contributed by atoms with van der Waals surface area (Å²) in [6, 6.07) is 5.53. The largest absolute Gasteiger partial charge is 0.496 e. The van der Waals surface area contributed by atoms with Crippen LogP contribution in [0.2, 0.25) is 0 Å². The number of aliphatic hydroxyl groups excluding tert-OH is 1. The Bertz CT molecular complexity index is 487. The lowest BCUT2D eigenvalue weighted by Gasteiger charge is -2.15. The molecule has 0 radical (unpaired) electrons. The molecule has 20 heavy (non-hydrogen) atoms. The highest BCUT2D eigenvalue weighted by molar-refractivity contribution is 5.70. The molecule has 0 saturated carbocycles. The lowest BCUT2D eigenvalue weighted by Crippen LogP contribution is -2.11. The monoisotopic (exact) mass is 278 g/mol. The number of carbonyl (C=O) groups is 1. The Morgan fingerprint density at radius 1 is 1.40 bits per heavy atom. The van der Waals surface area contributed by atoms with E-state index < -0.39 is 12.1 Å². The van der Waals surface area contributed by atoms with Gasteiger partial charge in [0.1, 0.15) is 5.75 Å². The minimum Gasteiger partial charge on any atom is -0.496 e. The molecule has 0 heterocycles. The molecule has 0 aliphatic rings. The summed E-state index contributed by atoms with van der Waals surface area (Å²) < 4.78 is 10.1. The molecule has 4 nitrogen and oxygen atoms in total. The maximum absolute atomic E-state index is 11.5. The van der Waals surface area contributed by atoms with Crippen LogP contribution in [0.4, 0.5) is 0 Å². The first-order valence-electron chi connectivity index (χ1n) is 6.64. The zero-order valence-corrected chi connectivity index (χ0v) is 12.5. The minimum absolute atomic E-state index is 0.0809. The van der Waals surface area contributed by atoms with Gasteiger partial charge < -0.3 is 14.6 Å². The van der Waals surface area contributed by atoms with Gasteiger partial charge in [-0.1, -0.05) is 17.7 Å². The SMILES string of the molecule is CCOC(=O)CC(O)c1cc(C=C(C)C)ccc1OC. The average Bonchev–Trinajstić information content (AvgIpc) is 2.38. The molecule has 1 aromatic carbocycles. The Hall–Kier alpha value is -1.81. The number of ether oxygens (including phenoxy) is 2. The van der Waals surface area contributed by atoms with E-state index in [1.165, 1.54) is 7.11 Å². The van der Waals surface area contributed by atoms with Crippen molar-refractivity contribution in [1.29, 1.82) is 0 Å². The smallest absolute Gasteiger partial charge is 0.308 e. The summed E-state index contributed by atoms with van der Waals surface area (Å²) >= 11 is 0. The van der Waals surface area contributed by atoms with Crippen molar-refractivity contribution in [3.8, 4) is 5.75 Å². The molecule has 1 N–H and O–H groups in total. The van der Waals surface area contributed by atoms with Gasteiger partial charge in [-0.3, -0.25) is 4.79 Å². The number of aliphatic hydroxyl groups is 1. The van der Waals surface area contributed by atoms with Crippen molar-refractivity contribution in [1.82, 2.24) is 0 Å². The van der Waals surface area contributed by atoms with Crippen molar-refractivity contribution in [3.63, 3.8) is 0 Å². The molecule has 1 aromatic rings. The predicted molar refractivity (Wildman–Crippen MR) is 78.5 cm³/mol. The minimum atomic E-state index is -0.936. The highest BCUT2D eigenvalue weighted by Crippen LogP contribution is 2.29. The second kappa shape index (κ2) is 7.70. The van der Waals surface area contributed by atoms with Crippen LogP contribution in [-0.4, -0.2) is 24.8 Å². The maximum atomic E-state index is 11.5. The first-order chi connectivity index (χ1) is 9.47. The number of methoxy groups -OCH3 is 1. The number of hydrogen-bond donors (Lipinski definition) is 1. The van der Waals surface area contributed by atoms with Crippen molar-refractivity contribution < 1.29 is 19.4 Å². The summed E-state index contributed by atoms with van der Waals surface area (Å²) in [7, 11) is 1.54. The fraction of sp³-hybridized carbons (Fsp3) is 0.438. The lowest BCUT2D eigenvalue weighted by atomic mass is 10.0. The quantitative estimate of drug-likeness (QED) is 0.812. The van der Waals surface area contributed by atoms with Gasteiger partial charge in [-0.2, -0.15) is 0 Å². The molecule has 0 spiro atoms. The molecule has 1 atom stereocenters. The second-order valence-corrected chi connectivity index (χ2v) is 4.75. The van der Waals surface area contributed by atoms with Crippen LogP contribution in [0, 0.1) is 0 Å². The van der Waals surface area contributed by atoms with Crippen LogP contribution in [0.3, 0.4) is 0 Å². The Balaban J connectivity index is 3.00. The van der Waals surface area contributed by atoms with Gasteiger partial charge in [0.2, 0.25) is 0 Å². The summed E-state index contributed by atoms with van der Waals surface area (Å²) in [4.78, 5) is 11.5. The first-order valence-corrected chi connectivity index (χ1v) is 6.64. The highest BCUT2D eigenvalue weighted by Gasteiger charge is 2.18. The van der Waals surface area contributed by atoms with Crippen molar-refractivity contribution in [2.24, 2.45) is 0 Å². The van der Waals surface area contributed by atoms with Gasteiger partial charge in [-0.25, -0.2) is 0 Å². The fourth-order valence-electron chi connectivity index (χ4n) is 1.92. The predicted octanol–water partition coefficient (Wildman–Crippen LogP) is 3.11. The van der Waals surface area contributed by atoms with Crippen molar-refractivity contribution in [2.45, 2.75) is 33.3 Å². The summed E-state index contributed by atoms with van der Waals surface area (Å²) in [6.07, 6.45) is 0.984. The van der Waals surface area contributed by atoms with E-state index in [0.717, 1.165) is 11.1 Å². The van der Waals surface area contributed by atoms with E-state index >= 15 is 0 Å². The van der Waals surface area contributed by atoms with E-state index in [4.69, 9.17) is 9.47 Å². The molecule has 110 valence electrons. The molecule has 0 fully saturated rings. The van der Waals surface area contributed by atoms with Crippen LogP contribution in [0.15, 0.2) is 23.8 Å². The molecule has 0 saturated heterocycles. The van der Waals surface area contributed by atoms with Gasteiger partial charge in [0, 0.05) is 5.56 Å². The van der Waals surface area contributed by atoms with Crippen LogP contribution in [0.25, 0.3) is 6.08 Å². The molecular weight excluding hydrogens is 256 g/mol. The fourth-order valence-corrected chi connectivity index (χ4v) is 1.92. The van der Waals surface area contributed by atoms with E-state index in [-0.39, 0.29) is 6.42 Å². The highest BCUT2D eigenvalue weighted by atomic mass is 16.5. The summed E-state index contributed by atoms with van der Waals surface area (Å²) in [5, 5.41) is 10.2. The van der Waals surface area contributed by atoms with Crippen molar-refractivity contribution in [2.75, 3.05) is 13.7 Å². The average molecular weight is 278 g/mol. The van der Waals surface area contributed by atoms with Gasteiger partial charge >= 0.3 is 5.97 Å². The molecular formula is C16H22O4. The van der Waals surface area contributed by atoms with Crippen LogP contribution in [-0.2, 0) is 9.53 Å². The Morgan fingerprint density at radius 3 is 2.65 bits per heavy atom. The van der Waals surface area contributed by atoms with E-state index in [9.17, 15) is 9.90 Å². The Kier molecular flexibility index (Phi) is 6.25. The number of benzene rings is 1. The van der Waals surface area contributed by atoms with Crippen LogP contribution in [0.5, 0.6) is 5.75 Å². The number of carbonyl (C=O) groups excluding carboxylic acids is 1. The third kappa shape index (κ3) is 4.70. The lowest BCUT2D eigenvalue weighted by molar-refractivity contribution is -0.145. The summed E-state index contributed by atoms with van der Waals surface area (Å²) in [6.45, 7) is 6.04. The third-order valence-corrected chi connectivity index (χ3v) is 2.73. The number of rotatable bonds is 6. The van der Waals surface area contributed by atoms with E-state index in [1.807, 2.05) is 32.1 Å². The standard InChI is InChI=1S/C16H22O4/c1-5-20-16(18)10-14(17)13-9-12(8-11(2)3)6-7-15(13)19-4/h6-9,14,17H,5,10H2,1-4H3. The number of hydrogen-bond acceptors (Lipinski definition) is 4. The molecule has 0 aromatic heterocycles. The zero-order valence-electron chi connectivity index (χ0n) is 12.5. The Labute approximate surface area is 120 Å². The first kappa shape index (κ1) is 16.2. The van der Waals surface area contributed by atoms with Crippen LogP contribution >= 0.6 is 0 Å². The third-order valence-electron chi connectivity index (χ3n) is 2.73. The molecule has 1 rings (SSSR count). The van der Waals surface area contributed by atoms with Gasteiger partial charge in [0.15, 0.2) is 0 Å². The number of allylic oxidation sites excluding steroid dienone is 1. The molecule has 0 bridgehead atoms. The van der Waals surface area contributed by atoms with Gasteiger partial charge in [0.05, 0.1) is 26.2 Å². The van der Waals surface area contributed by atoms with Crippen molar-refractivity contribution in [3.05, 3.63) is 34.9 Å². The number of esters is 1. The normalized spacial score (nSPS) is 11.7. The van der Waals surface area contributed by atoms with E-state index in [0.29, 0.717) is 17.9 Å². The zero-order chi connectivity index (χ0) is 15.1. The maximum Gasteiger partial charge on any atom is 0.308 e. The Morgan fingerprint density at radius 2 is 2.10 bits per heavy atom. The summed E-state index contributed by atoms with van der Waals surface area (Å²) in [5.41, 5.74) is 2.71. The van der Waals surface area contributed by atoms with E-state index in [1.54, 1.807) is 13.0 Å². The summed E-state index contributed by atoms with van der Waals surface area (Å²) in [5.74, 6) is 0.141. The van der Waals surface area contributed by atoms with E-state index in [2.05, 4.69) is 0 Å². The van der Waals surface area contributed by atoms with Crippen molar-refractivity contribution >= 4 is 12.0 Å². The topological polar surface area (TPSA) is 55.8 Å². The van der Waals surface area contributed by atoms with Gasteiger partial charge in [0.25, 0.3) is 0 Å². The molecule has 0 aliphatic heterocycles. The molecule has 4 heteroatoms. The van der Waals surface area contributed by atoms with Gasteiger partial charge in [-0.15, -0.1) is 0 Å². The van der Waals surface area contributed by atoms with Gasteiger partial charge in [-0.05, 0) is 38.5 Å². The van der Waals surface area contributed by atoms with Crippen LogP contribution in [0.1, 0.15) is 44.4 Å². The van der Waals surface area contributed by atoms with Crippen LogP contribution < -0.4 is 4.74 Å².